The van der Waals surface area contributed by atoms with E-state index in [0.29, 0.717) is 0 Å². The molecule has 4 heteroatoms. The van der Waals surface area contributed by atoms with E-state index in [1.54, 1.807) is 4.68 Å². The van der Waals surface area contributed by atoms with Crippen molar-refractivity contribution >= 4 is 0 Å². The maximum Gasteiger partial charge on any atom is 0.125 e. The Morgan fingerprint density at radius 2 is 2.27 bits per heavy atom. The molecule has 2 rings (SSSR count). The molecule has 4 nitrogen and oxygen atoms in total. The van der Waals surface area contributed by atoms with Gasteiger partial charge in [0.2, 0.25) is 0 Å². The van der Waals surface area contributed by atoms with Gasteiger partial charge in [-0.2, -0.15) is 5.10 Å². The van der Waals surface area contributed by atoms with Gasteiger partial charge in [0.05, 0.1) is 12.2 Å². The quantitative estimate of drug-likeness (QED) is 0.828. The van der Waals surface area contributed by atoms with Crippen LogP contribution in [0.15, 0.2) is 28.9 Å². The fourth-order valence-electron chi connectivity index (χ4n) is 1.67. The minimum Gasteiger partial charge on any atom is -0.464 e. The third-order valence-corrected chi connectivity index (χ3v) is 2.39. The van der Waals surface area contributed by atoms with Crippen LogP contribution >= 0.6 is 0 Å². The molecule has 0 saturated carbocycles. The van der Waals surface area contributed by atoms with Crippen LogP contribution in [0.5, 0.6) is 0 Å². The molecule has 0 amide bonds. The zero-order valence-electron chi connectivity index (χ0n) is 9.19. The molecule has 1 N–H and O–H groups in total. The summed E-state index contributed by atoms with van der Waals surface area (Å²) in [5.74, 6) is 1.84. The summed E-state index contributed by atoms with van der Waals surface area (Å²) in [7, 11) is 3.82. The van der Waals surface area contributed by atoms with Crippen LogP contribution < -0.4 is 5.32 Å². The summed E-state index contributed by atoms with van der Waals surface area (Å²) in [5.41, 5.74) is 1.11. The molecule has 80 valence electrons. The Hall–Kier alpha value is -1.55. The first-order valence-corrected chi connectivity index (χ1v) is 4.93. The Balaban J connectivity index is 2.32. The van der Waals surface area contributed by atoms with Crippen LogP contribution in [-0.4, -0.2) is 16.8 Å². The lowest BCUT2D eigenvalue weighted by Gasteiger charge is -2.10. The summed E-state index contributed by atoms with van der Waals surface area (Å²) in [4.78, 5) is 0. The minimum atomic E-state index is 0.0763. The van der Waals surface area contributed by atoms with Crippen LogP contribution in [-0.2, 0) is 7.05 Å². The third-order valence-electron chi connectivity index (χ3n) is 2.39. The molecule has 0 aromatic carbocycles. The van der Waals surface area contributed by atoms with Crippen LogP contribution in [0.2, 0.25) is 0 Å². The molecule has 2 aromatic rings. The fourth-order valence-corrected chi connectivity index (χ4v) is 1.67. The maximum absolute atomic E-state index is 5.60. The van der Waals surface area contributed by atoms with Gasteiger partial charge in [-0.05, 0) is 26.1 Å². The number of nitrogens with one attached hydrogen (secondary N) is 1. The summed E-state index contributed by atoms with van der Waals surface area (Å²) in [6.45, 7) is 1.94. The van der Waals surface area contributed by atoms with Crippen LogP contribution in [0.3, 0.4) is 0 Å². The normalized spacial score (nSPS) is 13.0. The number of hydrogen-bond acceptors (Lipinski definition) is 3. The van der Waals surface area contributed by atoms with Gasteiger partial charge in [0, 0.05) is 18.8 Å². The summed E-state index contributed by atoms with van der Waals surface area (Å²) >= 11 is 0. The second-order valence-corrected chi connectivity index (χ2v) is 3.62. The summed E-state index contributed by atoms with van der Waals surface area (Å²) in [5, 5.41) is 7.37. The first-order chi connectivity index (χ1) is 7.20. The molecular formula is C11H15N3O. The predicted molar refractivity (Wildman–Crippen MR) is 57.6 cm³/mol. The first-order valence-electron chi connectivity index (χ1n) is 4.93. The van der Waals surface area contributed by atoms with E-state index < -0.39 is 0 Å². The molecule has 0 fully saturated rings. The Bertz CT molecular complexity index is 404. The topological polar surface area (TPSA) is 43.0 Å². The van der Waals surface area contributed by atoms with E-state index in [1.165, 1.54) is 0 Å². The fraction of sp³-hybridized carbons (Fsp3) is 0.364. The molecule has 0 spiro atoms. The smallest absolute Gasteiger partial charge is 0.125 e. The summed E-state index contributed by atoms with van der Waals surface area (Å²) in [6, 6.07) is 4.03. The van der Waals surface area contributed by atoms with Gasteiger partial charge in [0.15, 0.2) is 0 Å². The zero-order valence-corrected chi connectivity index (χ0v) is 9.19. The predicted octanol–water partition coefficient (Wildman–Crippen LogP) is 1.63. The SMILES string of the molecule is CNC(c1cnn(C)c1)c1ccc(C)o1. The Morgan fingerprint density at radius 1 is 1.47 bits per heavy atom. The van der Waals surface area contributed by atoms with E-state index in [2.05, 4.69) is 10.4 Å². The van der Waals surface area contributed by atoms with Gasteiger partial charge in [-0.3, -0.25) is 4.68 Å². The number of hydrogen-bond donors (Lipinski definition) is 1. The maximum atomic E-state index is 5.60. The molecule has 2 aromatic heterocycles. The van der Waals surface area contributed by atoms with Crippen molar-refractivity contribution in [2.45, 2.75) is 13.0 Å². The van der Waals surface area contributed by atoms with E-state index in [9.17, 15) is 0 Å². The van der Waals surface area contributed by atoms with Crippen molar-refractivity contribution in [2.75, 3.05) is 7.05 Å². The van der Waals surface area contributed by atoms with E-state index in [4.69, 9.17) is 4.42 Å². The van der Waals surface area contributed by atoms with Crippen molar-refractivity contribution in [1.82, 2.24) is 15.1 Å². The monoisotopic (exact) mass is 205 g/mol. The molecular weight excluding hydrogens is 190 g/mol. The Kier molecular flexibility index (Phi) is 2.60. The molecule has 0 aliphatic carbocycles. The molecule has 0 aliphatic heterocycles. The van der Waals surface area contributed by atoms with Crippen molar-refractivity contribution in [1.29, 1.82) is 0 Å². The Labute approximate surface area is 88.9 Å². The second kappa shape index (κ2) is 3.90. The van der Waals surface area contributed by atoms with Crippen molar-refractivity contribution < 1.29 is 4.42 Å². The third kappa shape index (κ3) is 1.94. The highest BCUT2D eigenvalue weighted by Gasteiger charge is 2.16. The highest BCUT2D eigenvalue weighted by molar-refractivity contribution is 5.23. The van der Waals surface area contributed by atoms with Crippen molar-refractivity contribution in [2.24, 2.45) is 7.05 Å². The van der Waals surface area contributed by atoms with Crippen molar-refractivity contribution in [3.63, 3.8) is 0 Å². The molecule has 0 aliphatic rings. The highest BCUT2D eigenvalue weighted by Crippen LogP contribution is 2.22. The van der Waals surface area contributed by atoms with Crippen molar-refractivity contribution in [3.8, 4) is 0 Å². The summed E-state index contributed by atoms with van der Waals surface area (Å²) in [6.07, 6.45) is 3.83. The average molecular weight is 205 g/mol. The lowest BCUT2D eigenvalue weighted by Crippen LogP contribution is -2.16. The molecule has 1 atom stereocenters. The number of rotatable bonds is 3. The molecule has 15 heavy (non-hydrogen) atoms. The minimum absolute atomic E-state index is 0.0763. The number of aromatic nitrogens is 2. The van der Waals surface area contributed by atoms with Gasteiger partial charge in [0.25, 0.3) is 0 Å². The standard InChI is InChI=1S/C11H15N3O/c1-8-4-5-10(15-8)11(12-2)9-6-13-14(3)7-9/h4-7,11-12H,1-3H3. The van der Waals surface area contributed by atoms with Crippen LogP contribution in [0, 0.1) is 6.92 Å². The first kappa shape index (κ1) is 9.98. The molecule has 1 unspecified atom stereocenters. The lowest BCUT2D eigenvalue weighted by molar-refractivity contribution is 0.444. The second-order valence-electron chi connectivity index (χ2n) is 3.62. The van der Waals surface area contributed by atoms with E-state index in [-0.39, 0.29) is 6.04 Å². The van der Waals surface area contributed by atoms with Crippen molar-refractivity contribution in [3.05, 3.63) is 41.6 Å². The van der Waals surface area contributed by atoms with Gasteiger partial charge < -0.3 is 9.73 Å². The van der Waals surface area contributed by atoms with Crippen LogP contribution in [0.4, 0.5) is 0 Å². The number of aryl methyl sites for hydroxylation is 2. The van der Waals surface area contributed by atoms with E-state index in [0.717, 1.165) is 17.1 Å². The van der Waals surface area contributed by atoms with Gasteiger partial charge >= 0.3 is 0 Å². The number of furan rings is 1. The molecule has 2 heterocycles. The average Bonchev–Trinajstić information content (AvgIpc) is 2.78. The molecule has 0 bridgehead atoms. The van der Waals surface area contributed by atoms with Gasteiger partial charge in [0.1, 0.15) is 11.5 Å². The zero-order chi connectivity index (χ0) is 10.8. The lowest BCUT2D eigenvalue weighted by atomic mass is 10.1. The van der Waals surface area contributed by atoms with Gasteiger partial charge in [-0.1, -0.05) is 0 Å². The van der Waals surface area contributed by atoms with Gasteiger partial charge in [-0.15, -0.1) is 0 Å². The Morgan fingerprint density at radius 3 is 2.73 bits per heavy atom. The van der Waals surface area contributed by atoms with Crippen LogP contribution in [0.1, 0.15) is 23.1 Å². The van der Waals surface area contributed by atoms with Crippen LogP contribution in [0.25, 0.3) is 0 Å². The van der Waals surface area contributed by atoms with E-state index >= 15 is 0 Å². The largest absolute Gasteiger partial charge is 0.464 e. The molecule has 0 saturated heterocycles. The molecule has 0 radical (unpaired) electrons. The summed E-state index contributed by atoms with van der Waals surface area (Å²) < 4.78 is 7.39. The van der Waals surface area contributed by atoms with E-state index in [1.807, 2.05) is 45.5 Å². The highest BCUT2D eigenvalue weighted by atomic mass is 16.3. The number of nitrogens with zero attached hydrogens (tertiary/aromatic N) is 2. The van der Waals surface area contributed by atoms with Gasteiger partial charge in [-0.25, -0.2) is 0 Å².